The van der Waals surface area contributed by atoms with E-state index >= 15 is 0 Å². The second kappa shape index (κ2) is 6.38. The first-order valence-electron chi connectivity index (χ1n) is 6.59. The summed E-state index contributed by atoms with van der Waals surface area (Å²) in [5.74, 6) is -1.12. The highest BCUT2D eigenvalue weighted by atomic mass is 16.4. The molecular formula is C12H19N5O3. The van der Waals surface area contributed by atoms with Crippen LogP contribution in [0, 0.1) is 0 Å². The normalized spacial score (nSPS) is 17.4. The van der Waals surface area contributed by atoms with E-state index in [1.165, 1.54) is 10.9 Å². The third-order valence-corrected chi connectivity index (χ3v) is 3.20. The van der Waals surface area contributed by atoms with Crippen LogP contribution in [-0.4, -0.2) is 45.0 Å². The first-order chi connectivity index (χ1) is 9.56. The highest BCUT2D eigenvalue weighted by Crippen LogP contribution is 2.12. The summed E-state index contributed by atoms with van der Waals surface area (Å²) in [6.45, 7) is 1.58. The molecule has 2 rings (SSSR count). The fourth-order valence-corrected chi connectivity index (χ4v) is 2.19. The summed E-state index contributed by atoms with van der Waals surface area (Å²) in [5, 5.41) is 17.4. The van der Waals surface area contributed by atoms with E-state index in [1.54, 1.807) is 18.3 Å². The predicted molar refractivity (Wildman–Crippen MR) is 70.7 cm³/mol. The fourth-order valence-electron chi connectivity index (χ4n) is 2.19. The lowest BCUT2D eigenvalue weighted by Gasteiger charge is -2.27. The van der Waals surface area contributed by atoms with Crippen molar-refractivity contribution in [1.82, 2.24) is 25.5 Å². The largest absolute Gasteiger partial charge is 0.479 e. The molecule has 2 heterocycles. The lowest BCUT2D eigenvalue weighted by molar-refractivity contribution is -0.139. The maximum atomic E-state index is 11.9. The number of aryl methyl sites for hydroxylation is 1. The minimum absolute atomic E-state index is 0.439. The number of aromatic nitrogens is 2. The van der Waals surface area contributed by atoms with Gasteiger partial charge in [-0.2, -0.15) is 5.10 Å². The van der Waals surface area contributed by atoms with E-state index in [4.69, 9.17) is 0 Å². The number of hydrazine groups is 1. The van der Waals surface area contributed by atoms with Crippen LogP contribution in [-0.2, 0) is 11.8 Å². The van der Waals surface area contributed by atoms with Crippen molar-refractivity contribution in [2.75, 3.05) is 13.1 Å². The maximum Gasteiger partial charge on any atom is 0.331 e. The van der Waals surface area contributed by atoms with Gasteiger partial charge in [-0.1, -0.05) is 6.42 Å². The topological polar surface area (TPSA) is 99.5 Å². The molecule has 8 nitrogen and oxygen atoms in total. The van der Waals surface area contributed by atoms with Crippen LogP contribution >= 0.6 is 0 Å². The highest BCUT2D eigenvalue weighted by Gasteiger charge is 2.24. The second-order valence-electron chi connectivity index (χ2n) is 4.85. The molecule has 2 amide bonds. The number of amides is 2. The maximum absolute atomic E-state index is 11.9. The van der Waals surface area contributed by atoms with Crippen LogP contribution in [0.15, 0.2) is 12.4 Å². The highest BCUT2D eigenvalue weighted by molar-refractivity contribution is 5.83. The summed E-state index contributed by atoms with van der Waals surface area (Å²) in [6, 6.07) is -1.61. The van der Waals surface area contributed by atoms with Crippen LogP contribution in [0.2, 0.25) is 0 Å². The summed E-state index contributed by atoms with van der Waals surface area (Å²) in [7, 11) is 1.69. The third kappa shape index (κ3) is 3.70. The zero-order chi connectivity index (χ0) is 14.5. The lowest BCUT2D eigenvalue weighted by Crippen LogP contribution is -2.50. The Hall–Kier alpha value is -2.09. The monoisotopic (exact) mass is 281 g/mol. The molecule has 8 heteroatoms. The molecule has 20 heavy (non-hydrogen) atoms. The predicted octanol–water partition coefficient (Wildman–Crippen LogP) is 0.246. The number of carbonyl (C=O) groups excluding carboxylic acids is 1. The molecule has 1 aliphatic heterocycles. The van der Waals surface area contributed by atoms with Crippen molar-refractivity contribution < 1.29 is 14.7 Å². The van der Waals surface area contributed by atoms with Crippen molar-refractivity contribution in [2.24, 2.45) is 7.05 Å². The zero-order valence-corrected chi connectivity index (χ0v) is 11.4. The number of hydrogen-bond acceptors (Lipinski definition) is 4. The molecule has 1 aromatic heterocycles. The van der Waals surface area contributed by atoms with Gasteiger partial charge >= 0.3 is 12.0 Å². The number of hydrogen-bond donors (Lipinski definition) is 3. The molecule has 3 N–H and O–H groups in total. The second-order valence-corrected chi connectivity index (χ2v) is 4.85. The number of nitrogens with one attached hydrogen (secondary N) is 2. The number of nitrogens with zero attached hydrogens (tertiary/aromatic N) is 3. The standard InChI is InChI=1S/C12H19N5O3/c1-16-8-9(7-13-16)10(11(18)19)14-12(20)15-17-5-3-2-4-6-17/h7-8,10H,2-6H2,1H3,(H,18,19)(H2,14,15,20). The summed E-state index contributed by atoms with van der Waals surface area (Å²) in [5.41, 5.74) is 3.11. The van der Waals surface area contributed by atoms with Crippen molar-refractivity contribution in [3.63, 3.8) is 0 Å². The van der Waals surface area contributed by atoms with Crippen molar-refractivity contribution in [2.45, 2.75) is 25.3 Å². The number of carboxylic acid groups (broad SMARTS) is 1. The Morgan fingerprint density at radius 1 is 1.35 bits per heavy atom. The molecule has 1 aliphatic rings. The third-order valence-electron chi connectivity index (χ3n) is 3.20. The Morgan fingerprint density at radius 2 is 2.05 bits per heavy atom. The Bertz CT molecular complexity index is 481. The molecule has 0 radical (unpaired) electrons. The van der Waals surface area contributed by atoms with Gasteiger partial charge in [-0.3, -0.25) is 10.1 Å². The molecule has 1 aromatic rings. The summed E-state index contributed by atoms with van der Waals surface area (Å²) < 4.78 is 1.50. The summed E-state index contributed by atoms with van der Waals surface area (Å²) in [4.78, 5) is 23.1. The minimum atomic E-state index is -1.12. The number of carboxylic acids is 1. The van der Waals surface area contributed by atoms with Gasteiger partial charge in [-0.25, -0.2) is 14.6 Å². The molecule has 0 bridgehead atoms. The summed E-state index contributed by atoms with van der Waals surface area (Å²) in [6.07, 6.45) is 6.23. The van der Waals surface area contributed by atoms with Gasteiger partial charge in [0.15, 0.2) is 6.04 Å². The Labute approximate surface area is 116 Å². The average Bonchev–Trinajstić information content (AvgIpc) is 2.83. The zero-order valence-electron chi connectivity index (χ0n) is 11.4. The van der Waals surface area contributed by atoms with Crippen LogP contribution in [0.25, 0.3) is 0 Å². The van der Waals surface area contributed by atoms with E-state index in [9.17, 15) is 14.7 Å². The smallest absolute Gasteiger partial charge is 0.331 e. The van der Waals surface area contributed by atoms with Gasteiger partial charge in [0.2, 0.25) is 0 Å². The van der Waals surface area contributed by atoms with Gasteiger partial charge in [-0.15, -0.1) is 0 Å². The molecule has 0 aromatic carbocycles. The first-order valence-corrected chi connectivity index (χ1v) is 6.59. The van der Waals surface area contributed by atoms with E-state index in [-0.39, 0.29) is 0 Å². The number of rotatable bonds is 4. The molecule has 1 saturated heterocycles. The summed E-state index contributed by atoms with van der Waals surface area (Å²) >= 11 is 0. The molecular weight excluding hydrogens is 262 g/mol. The van der Waals surface area contributed by atoms with Crippen LogP contribution in [0.3, 0.4) is 0 Å². The quantitative estimate of drug-likeness (QED) is 0.734. The van der Waals surface area contributed by atoms with Crippen molar-refractivity contribution in [1.29, 1.82) is 0 Å². The Kier molecular flexibility index (Phi) is 4.57. The lowest BCUT2D eigenvalue weighted by atomic mass is 10.1. The number of carbonyl (C=O) groups is 2. The van der Waals surface area contributed by atoms with Gasteiger partial charge in [0, 0.05) is 31.9 Å². The number of urea groups is 1. The van der Waals surface area contributed by atoms with Gasteiger partial charge in [0.1, 0.15) is 0 Å². The Balaban J connectivity index is 1.94. The van der Waals surface area contributed by atoms with Gasteiger partial charge in [0.05, 0.1) is 6.20 Å². The van der Waals surface area contributed by atoms with Gasteiger partial charge in [0.25, 0.3) is 0 Å². The van der Waals surface area contributed by atoms with E-state index in [0.717, 1.165) is 32.4 Å². The van der Waals surface area contributed by atoms with Crippen LogP contribution in [0.5, 0.6) is 0 Å². The minimum Gasteiger partial charge on any atom is -0.479 e. The molecule has 0 saturated carbocycles. The number of piperidine rings is 1. The molecule has 1 unspecified atom stereocenters. The molecule has 0 aliphatic carbocycles. The SMILES string of the molecule is Cn1cc(C(NC(=O)NN2CCCCC2)C(=O)O)cn1. The molecule has 0 spiro atoms. The van der Waals surface area contributed by atoms with Crippen molar-refractivity contribution in [3.05, 3.63) is 18.0 Å². The van der Waals surface area contributed by atoms with E-state index in [1.807, 2.05) is 0 Å². The first kappa shape index (κ1) is 14.3. The van der Waals surface area contributed by atoms with Crippen LogP contribution < -0.4 is 10.7 Å². The number of aliphatic carboxylic acids is 1. The van der Waals surface area contributed by atoms with Crippen LogP contribution in [0.4, 0.5) is 4.79 Å². The van der Waals surface area contributed by atoms with Crippen molar-refractivity contribution in [3.8, 4) is 0 Å². The van der Waals surface area contributed by atoms with Gasteiger partial charge in [-0.05, 0) is 12.8 Å². The molecule has 1 fully saturated rings. The van der Waals surface area contributed by atoms with E-state index in [2.05, 4.69) is 15.8 Å². The van der Waals surface area contributed by atoms with Crippen molar-refractivity contribution >= 4 is 12.0 Å². The van der Waals surface area contributed by atoms with E-state index in [0.29, 0.717) is 5.56 Å². The average molecular weight is 281 g/mol. The Morgan fingerprint density at radius 3 is 2.60 bits per heavy atom. The van der Waals surface area contributed by atoms with E-state index < -0.39 is 18.0 Å². The molecule has 1 atom stereocenters. The van der Waals surface area contributed by atoms with Crippen LogP contribution in [0.1, 0.15) is 30.9 Å². The fraction of sp³-hybridized carbons (Fsp3) is 0.583. The molecule has 110 valence electrons. The van der Waals surface area contributed by atoms with Gasteiger partial charge < -0.3 is 10.4 Å².